The first-order chi connectivity index (χ1) is 9.65. The number of hydrogen-bond acceptors (Lipinski definition) is 4. The number of hydrogen-bond donors (Lipinski definition) is 1. The molecule has 1 aromatic carbocycles. The number of carbonyl (C=O) groups excluding carboxylic acids is 1. The van der Waals surface area contributed by atoms with E-state index in [1.54, 1.807) is 23.1 Å². The molecule has 1 aliphatic heterocycles. The molecule has 3 rings (SSSR count). The molecule has 8 heteroatoms. The van der Waals surface area contributed by atoms with Gasteiger partial charge in [-0.3, -0.25) is 9.89 Å². The summed E-state index contributed by atoms with van der Waals surface area (Å²) in [6, 6.07) is 5.14. The summed E-state index contributed by atoms with van der Waals surface area (Å²) in [5, 5.41) is 8.03. The van der Waals surface area contributed by atoms with Crippen LogP contribution in [0.2, 0.25) is 10.0 Å². The van der Waals surface area contributed by atoms with Crippen LogP contribution in [0.1, 0.15) is 6.42 Å². The summed E-state index contributed by atoms with van der Waals surface area (Å²) in [6.07, 6.45) is 2.17. The van der Waals surface area contributed by atoms with Crippen molar-refractivity contribution < 1.29 is 4.79 Å². The molecule has 1 aromatic heterocycles. The lowest BCUT2D eigenvalue weighted by atomic mass is 10.3. The molecule has 0 radical (unpaired) electrons. The third-order valence-corrected chi connectivity index (χ3v) is 4.68. The van der Waals surface area contributed by atoms with Crippen LogP contribution >= 0.6 is 35.0 Å². The lowest BCUT2D eigenvalue weighted by Crippen LogP contribution is -2.28. The van der Waals surface area contributed by atoms with Gasteiger partial charge >= 0.3 is 0 Å². The Labute approximate surface area is 129 Å². The summed E-state index contributed by atoms with van der Waals surface area (Å²) in [7, 11) is 0. The van der Waals surface area contributed by atoms with Crippen LogP contribution in [0.25, 0.3) is 0 Å². The molecule has 1 aliphatic rings. The first-order valence-electron chi connectivity index (χ1n) is 5.93. The third-order valence-electron chi connectivity index (χ3n) is 3.00. The minimum absolute atomic E-state index is 0.0237. The number of carbonyl (C=O) groups is 1. The second-order valence-electron chi connectivity index (χ2n) is 4.27. The highest BCUT2D eigenvalue weighted by molar-refractivity contribution is 8.00. The standard InChI is InChI=1S/C12H10Cl2N4OS/c13-7-1-2-9(8(14)5-7)18-4-3-10(11(18)19)20-12-15-6-16-17-12/h1-2,5-6,10H,3-4H2,(H,15,16,17). The van der Waals surface area contributed by atoms with Gasteiger partial charge < -0.3 is 4.90 Å². The molecule has 1 amide bonds. The molecular formula is C12H10Cl2N4OS. The van der Waals surface area contributed by atoms with Gasteiger partial charge in [0.1, 0.15) is 6.33 Å². The van der Waals surface area contributed by atoms with Crippen molar-refractivity contribution >= 4 is 46.6 Å². The maximum Gasteiger partial charge on any atom is 0.240 e. The predicted octanol–water partition coefficient (Wildman–Crippen LogP) is 3.01. The zero-order valence-corrected chi connectivity index (χ0v) is 12.5. The summed E-state index contributed by atoms with van der Waals surface area (Å²) < 4.78 is 0. The first kappa shape index (κ1) is 13.7. The van der Waals surface area contributed by atoms with Crippen LogP contribution in [-0.2, 0) is 4.79 Å². The van der Waals surface area contributed by atoms with Gasteiger partial charge in [-0.1, -0.05) is 35.0 Å². The number of thioether (sulfide) groups is 1. The molecule has 2 aromatic rings. The van der Waals surface area contributed by atoms with Crippen molar-refractivity contribution in [1.29, 1.82) is 0 Å². The van der Waals surface area contributed by atoms with Crippen molar-refractivity contribution in [2.75, 3.05) is 11.4 Å². The largest absolute Gasteiger partial charge is 0.310 e. The van der Waals surface area contributed by atoms with E-state index in [1.807, 2.05) is 0 Å². The molecule has 1 atom stereocenters. The van der Waals surface area contributed by atoms with Crippen molar-refractivity contribution in [3.05, 3.63) is 34.6 Å². The highest BCUT2D eigenvalue weighted by Crippen LogP contribution is 2.35. The number of rotatable bonds is 3. The van der Waals surface area contributed by atoms with E-state index in [1.165, 1.54) is 18.1 Å². The zero-order chi connectivity index (χ0) is 14.1. The number of nitrogens with one attached hydrogen (secondary N) is 1. The Bertz CT molecular complexity index is 634. The molecule has 0 bridgehead atoms. The summed E-state index contributed by atoms with van der Waals surface area (Å²) in [5.74, 6) is 0.0237. The molecule has 0 aliphatic carbocycles. The Kier molecular flexibility index (Phi) is 3.87. The summed E-state index contributed by atoms with van der Waals surface area (Å²) in [4.78, 5) is 18.1. The highest BCUT2D eigenvalue weighted by Gasteiger charge is 2.34. The summed E-state index contributed by atoms with van der Waals surface area (Å²) in [6.45, 7) is 0.631. The van der Waals surface area contributed by atoms with Crippen LogP contribution in [0.5, 0.6) is 0 Å². The van der Waals surface area contributed by atoms with Crippen LogP contribution in [0.3, 0.4) is 0 Å². The number of amides is 1. The molecule has 1 saturated heterocycles. The predicted molar refractivity (Wildman–Crippen MR) is 79.5 cm³/mol. The van der Waals surface area contributed by atoms with Gasteiger partial charge in [-0.25, -0.2) is 4.98 Å². The molecule has 104 valence electrons. The van der Waals surface area contributed by atoms with Crippen molar-refractivity contribution in [2.24, 2.45) is 0 Å². The molecule has 20 heavy (non-hydrogen) atoms. The van der Waals surface area contributed by atoms with Crippen LogP contribution < -0.4 is 4.90 Å². The van der Waals surface area contributed by atoms with E-state index in [-0.39, 0.29) is 11.2 Å². The summed E-state index contributed by atoms with van der Waals surface area (Å²) >= 11 is 13.4. The molecular weight excluding hydrogens is 319 g/mol. The highest BCUT2D eigenvalue weighted by atomic mass is 35.5. The van der Waals surface area contributed by atoms with Gasteiger partial charge in [0.15, 0.2) is 5.16 Å². The Morgan fingerprint density at radius 2 is 2.25 bits per heavy atom. The number of nitrogens with zero attached hydrogens (tertiary/aromatic N) is 3. The van der Waals surface area contributed by atoms with Gasteiger partial charge in [0.2, 0.25) is 5.91 Å². The number of halogens is 2. The SMILES string of the molecule is O=C1C(Sc2ncn[nH]2)CCN1c1ccc(Cl)cc1Cl. The van der Waals surface area contributed by atoms with Crippen molar-refractivity contribution in [2.45, 2.75) is 16.8 Å². The molecule has 1 N–H and O–H groups in total. The Morgan fingerprint density at radius 3 is 2.95 bits per heavy atom. The van der Waals surface area contributed by atoms with Crippen LogP contribution in [-0.4, -0.2) is 32.9 Å². The summed E-state index contributed by atoms with van der Waals surface area (Å²) in [5.41, 5.74) is 0.696. The zero-order valence-electron chi connectivity index (χ0n) is 10.2. The average Bonchev–Trinajstić information content (AvgIpc) is 3.03. The molecule has 0 saturated carbocycles. The van der Waals surface area contributed by atoms with Crippen LogP contribution in [0.4, 0.5) is 5.69 Å². The Morgan fingerprint density at radius 1 is 1.40 bits per heavy atom. The number of H-pyrrole nitrogens is 1. The fraction of sp³-hybridized carbons (Fsp3) is 0.250. The maximum atomic E-state index is 12.4. The number of aromatic nitrogens is 3. The third kappa shape index (κ3) is 2.63. The van der Waals surface area contributed by atoms with E-state index < -0.39 is 0 Å². The lowest BCUT2D eigenvalue weighted by Gasteiger charge is -2.18. The van der Waals surface area contributed by atoms with Gasteiger partial charge in [0.25, 0.3) is 0 Å². The van der Waals surface area contributed by atoms with Gasteiger partial charge in [-0.2, -0.15) is 5.10 Å². The quantitative estimate of drug-likeness (QED) is 0.940. The Balaban J connectivity index is 1.78. The minimum atomic E-state index is -0.172. The average molecular weight is 329 g/mol. The van der Waals surface area contributed by atoms with E-state index >= 15 is 0 Å². The van der Waals surface area contributed by atoms with E-state index in [4.69, 9.17) is 23.2 Å². The number of benzene rings is 1. The fourth-order valence-corrected chi connectivity index (χ4v) is 3.53. The minimum Gasteiger partial charge on any atom is -0.310 e. The maximum absolute atomic E-state index is 12.4. The van der Waals surface area contributed by atoms with E-state index in [0.717, 1.165) is 6.42 Å². The van der Waals surface area contributed by atoms with Crippen LogP contribution in [0.15, 0.2) is 29.7 Å². The molecule has 2 heterocycles. The smallest absolute Gasteiger partial charge is 0.240 e. The van der Waals surface area contributed by atoms with Crippen molar-refractivity contribution in [3.8, 4) is 0 Å². The fourth-order valence-electron chi connectivity index (χ4n) is 2.09. The molecule has 0 spiro atoms. The molecule has 5 nitrogen and oxygen atoms in total. The van der Waals surface area contributed by atoms with Crippen molar-refractivity contribution in [1.82, 2.24) is 15.2 Å². The van der Waals surface area contributed by atoms with Crippen molar-refractivity contribution in [3.63, 3.8) is 0 Å². The topological polar surface area (TPSA) is 61.9 Å². The molecule has 1 fully saturated rings. The van der Waals surface area contributed by atoms with Gasteiger partial charge in [-0.15, -0.1) is 0 Å². The first-order valence-corrected chi connectivity index (χ1v) is 7.57. The van der Waals surface area contributed by atoms with Gasteiger partial charge in [0.05, 0.1) is 16.0 Å². The molecule has 1 unspecified atom stereocenters. The van der Waals surface area contributed by atoms with E-state index in [0.29, 0.717) is 27.4 Å². The monoisotopic (exact) mass is 328 g/mol. The van der Waals surface area contributed by atoms with Gasteiger partial charge in [0, 0.05) is 11.6 Å². The number of aromatic amines is 1. The number of anilines is 1. The van der Waals surface area contributed by atoms with E-state index in [9.17, 15) is 4.79 Å². The second kappa shape index (κ2) is 5.63. The van der Waals surface area contributed by atoms with Crippen LogP contribution in [0, 0.1) is 0 Å². The normalized spacial score (nSPS) is 18.8. The second-order valence-corrected chi connectivity index (χ2v) is 6.31. The lowest BCUT2D eigenvalue weighted by molar-refractivity contribution is -0.116. The Hall–Kier alpha value is -1.24. The van der Waals surface area contributed by atoms with E-state index in [2.05, 4.69) is 15.2 Å². The van der Waals surface area contributed by atoms with Gasteiger partial charge in [-0.05, 0) is 24.6 Å².